The van der Waals surface area contributed by atoms with Gasteiger partial charge in [-0.2, -0.15) is 0 Å². The first kappa shape index (κ1) is 14.5. The van der Waals surface area contributed by atoms with Gasteiger partial charge < -0.3 is 5.73 Å². The Labute approximate surface area is 110 Å². The topological polar surface area (TPSA) is 38.9 Å². The van der Waals surface area contributed by atoms with Crippen molar-refractivity contribution in [2.24, 2.45) is 5.92 Å². The SMILES string of the molecule is CC.CCC1(C(C)C)CCCc2sc(N)nc21. The van der Waals surface area contributed by atoms with Crippen molar-refractivity contribution in [3.05, 3.63) is 10.6 Å². The molecular formula is C14H26N2S. The first-order valence-electron chi connectivity index (χ1n) is 6.86. The molecule has 0 fully saturated rings. The number of nitrogens with zero attached hydrogens (tertiary/aromatic N) is 1. The number of hydrogen-bond acceptors (Lipinski definition) is 3. The summed E-state index contributed by atoms with van der Waals surface area (Å²) in [5, 5.41) is 0.750. The van der Waals surface area contributed by atoms with Crippen molar-refractivity contribution in [3.63, 3.8) is 0 Å². The number of aromatic nitrogens is 1. The van der Waals surface area contributed by atoms with Crippen LogP contribution in [0.1, 0.15) is 64.5 Å². The van der Waals surface area contributed by atoms with Crippen LogP contribution in [0.3, 0.4) is 0 Å². The van der Waals surface area contributed by atoms with Crippen LogP contribution in [0.5, 0.6) is 0 Å². The Morgan fingerprint density at radius 1 is 1.41 bits per heavy atom. The highest BCUT2D eigenvalue weighted by molar-refractivity contribution is 7.15. The minimum atomic E-state index is 0.293. The third-order valence-corrected chi connectivity index (χ3v) is 4.89. The summed E-state index contributed by atoms with van der Waals surface area (Å²) in [6.45, 7) is 10.9. The maximum Gasteiger partial charge on any atom is 0.180 e. The van der Waals surface area contributed by atoms with E-state index < -0.39 is 0 Å². The van der Waals surface area contributed by atoms with E-state index in [1.165, 1.54) is 36.3 Å². The van der Waals surface area contributed by atoms with Gasteiger partial charge in [0.15, 0.2) is 5.13 Å². The van der Waals surface area contributed by atoms with Crippen molar-refractivity contribution >= 4 is 16.5 Å². The average molecular weight is 254 g/mol. The molecule has 0 spiro atoms. The predicted molar refractivity (Wildman–Crippen MR) is 77.6 cm³/mol. The summed E-state index contributed by atoms with van der Waals surface area (Å²) in [5.74, 6) is 0.656. The van der Waals surface area contributed by atoms with Gasteiger partial charge in [0.1, 0.15) is 0 Å². The smallest absolute Gasteiger partial charge is 0.180 e. The lowest BCUT2D eigenvalue weighted by atomic mass is 9.66. The molecule has 0 bridgehead atoms. The molecule has 0 aromatic carbocycles. The Morgan fingerprint density at radius 3 is 2.59 bits per heavy atom. The van der Waals surface area contributed by atoms with Crippen LogP contribution in [-0.2, 0) is 11.8 Å². The van der Waals surface area contributed by atoms with Gasteiger partial charge in [-0.1, -0.05) is 34.6 Å². The molecule has 0 saturated carbocycles. The zero-order valence-electron chi connectivity index (χ0n) is 11.8. The van der Waals surface area contributed by atoms with E-state index in [4.69, 9.17) is 5.73 Å². The second-order valence-electron chi connectivity index (χ2n) is 4.84. The maximum absolute atomic E-state index is 5.84. The van der Waals surface area contributed by atoms with E-state index in [-0.39, 0.29) is 0 Å². The molecule has 1 aliphatic rings. The lowest BCUT2D eigenvalue weighted by Gasteiger charge is -2.39. The Hall–Kier alpha value is -0.570. The van der Waals surface area contributed by atoms with Crippen LogP contribution in [0.25, 0.3) is 0 Å². The molecule has 17 heavy (non-hydrogen) atoms. The molecule has 1 atom stereocenters. The Balaban J connectivity index is 0.000000686. The van der Waals surface area contributed by atoms with Crippen LogP contribution < -0.4 is 5.73 Å². The van der Waals surface area contributed by atoms with E-state index in [1.54, 1.807) is 11.3 Å². The first-order chi connectivity index (χ1) is 8.10. The lowest BCUT2D eigenvalue weighted by molar-refractivity contribution is 0.247. The van der Waals surface area contributed by atoms with Gasteiger partial charge in [-0.3, -0.25) is 0 Å². The van der Waals surface area contributed by atoms with Crippen molar-refractivity contribution in [3.8, 4) is 0 Å². The molecule has 0 radical (unpaired) electrons. The second-order valence-corrected chi connectivity index (χ2v) is 5.96. The van der Waals surface area contributed by atoms with Gasteiger partial charge in [-0.05, 0) is 31.6 Å². The van der Waals surface area contributed by atoms with Gasteiger partial charge in [-0.15, -0.1) is 11.3 Å². The molecule has 0 saturated heterocycles. The van der Waals surface area contributed by atoms with Crippen molar-refractivity contribution < 1.29 is 0 Å². The van der Waals surface area contributed by atoms with Crippen molar-refractivity contribution in [1.82, 2.24) is 4.98 Å². The van der Waals surface area contributed by atoms with Gasteiger partial charge >= 0.3 is 0 Å². The third kappa shape index (κ3) is 2.49. The van der Waals surface area contributed by atoms with Gasteiger partial charge in [0, 0.05) is 10.3 Å². The number of anilines is 1. The second kappa shape index (κ2) is 5.85. The largest absolute Gasteiger partial charge is 0.375 e. The van der Waals surface area contributed by atoms with Crippen LogP contribution in [-0.4, -0.2) is 4.98 Å². The number of hydrogen-bond donors (Lipinski definition) is 1. The highest BCUT2D eigenvalue weighted by atomic mass is 32.1. The lowest BCUT2D eigenvalue weighted by Crippen LogP contribution is -2.35. The summed E-state index contributed by atoms with van der Waals surface area (Å²) >= 11 is 1.69. The number of rotatable bonds is 2. The van der Waals surface area contributed by atoms with E-state index >= 15 is 0 Å². The van der Waals surface area contributed by atoms with Gasteiger partial charge in [0.25, 0.3) is 0 Å². The van der Waals surface area contributed by atoms with E-state index in [2.05, 4.69) is 25.8 Å². The van der Waals surface area contributed by atoms with Crippen molar-refractivity contribution in [1.29, 1.82) is 0 Å². The Bertz CT molecular complexity index is 357. The van der Waals surface area contributed by atoms with Crippen LogP contribution in [0.4, 0.5) is 5.13 Å². The quantitative estimate of drug-likeness (QED) is 0.850. The van der Waals surface area contributed by atoms with E-state index in [0.717, 1.165) is 5.13 Å². The van der Waals surface area contributed by atoms with Crippen LogP contribution in [0.2, 0.25) is 0 Å². The maximum atomic E-state index is 5.84. The fraction of sp³-hybridized carbons (Fsp3) is 0.786. The monoisotopic (exact) mass is 254 g/mol. The molecule has 1 aliphatic carbocycles. The summed E-state index contributed by atoms with van der Waals surface area (Å²) in [6, 6.07) is 0. The van der Waals surface area contributed by atoms with Crippen LogP contribution >= 0.6 is 11.3 Å². The molecule has 1 aromatic heterocycles. The number of nitrogen functional groups attached to an aromatic ring is 1. The fourth-order valence-electron chi connectivity index (χ4n) is 2.93. The summed E-state index contributed by atoms with van der Waals surface area (Å²) in [6.07, 6.45) is 4.93. The minimum Gasteiger partial charge on any atom is -0.375 e. The van der Waals surface area contributed by atoms with Gasteiger partial charge in [0.2, 0.25) is 0 Å². The minimum absolute atomic E-state index is 0.293. The van der Waals surface area contributed by atoms with Gasteiger partial charge in [0.05, 0.1) is 5.69 Å². The van der Waals surface area contributed by atoms with Crippen molar-refractivity contribution in [2.45, 2.75) is 65.7 Å². The third-order valence-electron chi connectivity index (χ3n) is 3.95. The van der Waals surface area contributed by atoms with E-state index in [9.17, 15) is 0 Å². The molecule has 2 nitrogen and oxygen atoms in total. The first-order valence-corrected chi connectivity index (χ1v) is 7.67. The Morgan fingerprint density at radius 2 is 2.06 bits per heavy atom. The van der Waals surface area contributed by atoms with Gasteiger partial charge in [-0.25, -0.2) is 4.98 Å². The van der Waals surface area contributed by atoms with E-state index in [1.807, 2.05) is 13.8 Å². The molecular weight excluding hydrogens is 228 g/mol. The van der Waals surface area contributed by atoms with Crippen LogP contribution in [0, 0.1) is 5.92 Å². The molecule has 0 amide bonds. The highest BCUT2D eigenvalue weighted by Crippen LogP contribution is 2.46. The number of aryl methyl sites for hydroxylation is 1. The summed E-state index contributed by atoms with van der Waals surface area (Å²) in [5.41, 5.74) is 7.45. The molecule has 1 heterocycles. The average Bonchev–Trinajstić information content (AvgIpc) is 2.71. The molecule has 2 N–H and O–H groups in total. The molecule has 3 heteroatoms. The number of thiazole rings is 1. The summed E-state index contributed by atoms with van der Waals surface area (Å²) in [4.78, 5) is 6.03. The molecule has 98 valence electrons. The Kier molecular flexibility index (Phi) is 4.99. The standard InChI is InChI=1S/C12H20N2S.C2H6/c1-4-12(8(2)3)7-5-6-9-10(12)14-11(13)15-9;1-2/h8H,4-7H2,1-3H3,(H2,13,14);1-2H3. The molecule has 0 aliphatic heterocycles. The number of fused-ring (bicyclic) bond motifs is 1. The van der Waals surface area contributed by atoms with E-state index in [0.29, 0.717) is 11.3 Å². The number of nitrogens with two attached hydrogens (primary N) is 1. The zero-order chi connectivity index (χ0) is 13.1. The predicted octanol–water partition coefficient (Wildman–Crippen LogP) is 4.39. The summed E-state index contributed by atoms with van der Waals surface area (Å²) < 4.78 is 0. The zero-order valence-corrected chi connectivity index (χ0v) is 12.7. The fourth-order valence-corrected chi connectivity index (χ4v) is 3.91. The van der Waals surface area contributed by atoms with Crippen LogP contribution in [0.15, 0.2) is 0 Å². The molecule has 1 aromatic rings. The summed E-state index contributed by atoms with van der Waals surface area (Å²) in [7, 11) is 0. The van der Waals surface area contributed by atoms with Crippen molar-refractivity contribution in [2.75, 3.05) is 5.73 Å². The highest BCUT2D eigenvalue weighted by Gasteiger charge is 2.40. The normalized spacial score (nSPS) is 22.9. The molecule has 2 rings (SSSR count). The molecule has 1 unspecified atom stereocenters.